The van der Waals surface area contributed by atoms with Gasteiger partial charge in [0.1, 0.15) is 0 Å². The number of epoxide rings is 1. The van der Waals surface area contributed by atoms with Crippen LogP contribution in [0.5, 0.6) is 0 Å². The summed E-state index contributed by atoms with van der Waals surface area (Å²) in [5, 5.41) is 0. The molecule has 1 saturated heterocycles. The van der Waals surface area contributed by atoms with Crippen molar-refractivity contribution in [2.75, 3.05) is 0 Å². The summed E-state index contributed by atoms with van der Waals surface area (Å²) in [4.78, 5) is 0. The summed E-state index contributed by atoms with van der Waals surface area (Å²) < 4.78 is 6.42. The summed E-state index contributed by atoms with van der Waals surface area (Å²) >= 11 is 0. The highest BCUT2D eigenvalue weighted by Gasteiger charge is 2.76. The van der Waals surface area contributed by atoms with Crippen LogP contribution in [0.15, 0.2) is 0 Å². The molecule has 0 spiro atoms. The predicted molar refractivity (Wildman–Crippen MR) is 129 cm³/mol. The maximum atomic E-state index is 6.42. The minimum absolute atomic E-state index is 0.187. The van der Waals surface area contributed by atoms with E-state index in [2.05, 4.69) is 55.4 Å². The van der Waals surface area contributed by atoms with Gasteiger partial charge in [-0.1, -0.05) is 48.5 Å². The number of hydrogen-bond acceptors (Lipinski definition) is 1. The predicted octanol–water partition coefficient (Wildman–Crippen LogP) is 8.27. The standard InChI is InChI=1S/C30H50O/c1-19(2)20-9-10-21-25(20,3)15-17-28(6)23-13-14-29(7)22(11-12-24-30(29,8)31-24)26(23,4)16-18-27(21,28)5/h19-24H,9-18H2,1-8H3/t20?,21-,22?,23?,24?,25?,26+,27?,28-,29+,30-/m1/s1. The van der Waals surface area contributed by atoms with Crippen molar-refractivity contribution in [1.82, 2.24) is 0 Å². The molecule has 5 aliphatic carbocycles. The zero-order chi connectivity index (χ0) is 22.2. The molecule has 1 aliphatic heterocycles. The van der Waals surface area contributed by atoms with E-state index in [0.29, 0.717) is 33.2 Å². The van der Waals surface area contributed by atoms with E-state index in [0.717, 1.165) is 29.6 Å². The van der Waals surface area contributed by atoms with Gasteiger partial charge in [0, 0.05) is 5.41 Å². The molecule has 6 aliphatic rings. The first-order valence-corrected chi connectivity index (χ1v) is 14.0. The van der Waals surface area contributed by atoms with Crippen molar-refractivity contribution in [3.63, 3.8) is 0 Å². The van der Waals surface area contributed by atoms with Gasteiger partial charge in [0.05, 0.1) is 11.7 Å². The SMILES string of the molecule is CC(C)C1CC[C@@H]2C1(C)CC[C@]1(C)C3CC[C@@]4(C)C(CCC5O[C@]54C)[C@]3(C)CCC21C. The van der Waals surface area contributed by atoms with Crippen LogP contribution in [-0.4, -0.2) is 11.7 Å². The van der Waals surface area contributed by atoms with E-state index in [1.165, 1.54) is 64.2 Å². The van der Waals surface area contributed by atoms with Crippen LogP contribution >= 0.6 is 0 Å². The van der Waals surface area contributed by atoms with Crippen molar-refractivity contribution < 1.29 is 4.74 Å². The van der Waals surface area contributed by atoms with Crippen molar-refractivity contribution in [1.29, 1.82) is 0 Å². The average molecular weight is 427 g/mol. The lowest BCUT2D eigenvalue weighted by Gasteiger charge is -2.73. The number of fused-ring (bicyclic) bond motifs is 9. The van der Waals surface area contributed by atoms with Crippen molar-refractivity contribution in [3.05, 3.63) is 0 Å². The topological polar surface area (TPSA) is 12.5 Å². The fraction of sp³-hybridized carbons (Fsp3) is 1.00. The number of hydrogen-bond donors (Lipinski definition) is 0. The van der Waals surface area contributed by atoms with Crippen LogP contribution in [0.25, 0.3) is 0 Å². The molecule has 1 heteroatoms. The molecule has 176 valence electrons. The fourth-order valence-corrected chi connectivity index (χ4v) is 12.5. The summed E-state index contributed by atoms with van der Waals surface area (Å²) in [6.45, 7) is 21.2. The third-order valence-corrected chi connectivity index (χ3v) is 14.5. The van der Waals surface area contributed by atoms with Gasteiger partial charge in [0.25, 0.3) is 0 Å². The summed E-state index contributed by atoms with van der Waals surface area (Å²) in [5.41, 5.74) is 2.77. The van der Waals surface area contributed by atoms with Gasteiger partial charge in [0.2, 0.25) is 0 Å². The van der Waals surface area contributed by atoms with Crippen LogP contribution in [0.3, 0.4) is 0 Å². The smallest absolute Gasteiger partial charge is 0.0976 e. The Labute approximate surface area is 192 Å². The van der Waals surface area contributed by atoms with E-state index >= 15 is 0 Å². The first kappa shape index (κ1) is 21.5. The third-order valence-electron chi connectivity index (χ3n) is 14.5. The maximum absolute atomic E-state index is 6.42. The van der Waals surface area contributed by atoms with E-state index in [9.17, 15) is 0 Å². The number of ether oxygens (including phenoxy) is 1. The summed E-state index contributed by atoms with van der Waals surface area (Å²) in [7, 11) is 0. The summed E-state index contributed by atoms with van der Waals surface area (Å²) in [6, 6.07) is 0. The van der Waals surface area contributed by atoms with Gasteiger partial charge >= 0.3 is 0 Å². The molecule has 6 unspecified atom stereocenters. The Bertz CT molecular complexity index is 787. The molecule has 0 bridgehead atoms. The monoisotopic (exact) mass is 426 g/mol. The molecule has 0 radical (unpaired) electrons. The lowest BCUT2D eigenvalue weighted by Crippen LogP contribution is -2.67. The molecule has 1 heterocycles. The lowest BCUT2D eigenvalue weighted by molar-refractivity contribution is -0.245. The molecule has 11 atom stereocenters. The van der Waals surface area contributed by atoms with Crippen LogP contribution in [0.1, 0.15) is 120 Å². The minimum Gasteiger partial charge on any atom is -0.366 e. The van der Waals surface area contributed by atoms with Crippen molar-refractivity contribution in [2.45, 2.75) is 131 Å². The quantitative estimate of drug-likeness (QED) is 0.384. The molecule has 0 aromatic carbocycles. The minimum atomic E-state index is 0.187. The molecule has 6 rings (SSSR count). The maximum Gasteiger partial charge on any atom is 0.0976 e. The van der Waals surface area contributed by atoms with E-state index < -0.39 is 0 Å². The highest BCUT2D eigenvalue weighted by molar-refractivity contribution is 5.24. The second-order valence-corrected chi connectivity index (χ2v) is 15.2. The van der Waals surface area contributed by atoms with Crippen molar-refractivity contribution >= 4 is 0 Å². The van der Waals surface area contributed by atoms with E-state index in [4.69, 9.17) is 4.74 Å². The largest absolute Gasteiger partial charge is 0.366 e. The normalized spacial score (nSPS) is 64.7. The van der Waals surface area contributed by atoms with E-state index in [1.807, 2.05) is 0 Å². The van der Waals surface area contributed by atoms with Gasteiger partial charge in [-0.05, 0) is 122 Å². The summed E-state index contributed by atoms with van der Waals surface area (Å²) in [5.74, 6) is 4.53. The van der Waals surface area contributed by atoms with Crippen molar-refractivity contribution in [3.8, 4) is 0 Å². The Kier molecular flexibility index (Phi) is 4.13. The lowest BCUT2D eigenvalue weighted by atomic mass is 9.31. The van der Waals surface area contributed by atoms with Crippen LogP contribution in [0, 0.1) is 56.7 Å². The van der Waals surface area contributed by atoms with Gasteiger partial charge in [-0.15, -0.1) is 0 Å². The van der Waals surface area contributed by atoms with Crippen LogP contribution in [-0.2, 0) is 4.74 Å². The highest BCUT2D eigenvalue weighted by atomic mass is 16.6. The fourth-order valence-electron chi connectivity index (χ4n) is 12.5. The molecule has 5 saturated carbocycles. The third kappa shape index (κ3) is 2.21. The van der Waals surface area contributed by atoms with Gasteiger partial charge in [-0.3, -0.25) is 0 Å². The summed E-state index contributed by atoms with van der Waals surface area (Å²) in [6.07, 6.45) is 15.1. The van der Waals surface area contributed by atoms with Crippen LogP contribution in [0.2, 0.25) is 0 Å². The Hall–Kier alpha value is -0.0400. The Morgan fingerprint density at radius 3 is 1.77 bits per heavy atom. The zero-order valence-electron chi connectivity index (χ0n) is 21.9. The average Bonchev–Trinajstić information content (AvgIpc) is 3.25. The van der Waals surface area contributed by atoms with Gasteiger partial charge < -0.3 is 4.74 Å². The van der Waals surface area contributed by atoms with Gasteiger partial charge in [-0.25, -0.2) is 0 Å². The molecule has 6 fully saturated rings. The molecule has 0 N–H and O–H groups in total. The number of rotatable bonds is 1. The van der Waals surface area contributed by atoms with Crippen LogP contribution < -0.4 is 0 Å². The highest BCUT2D eigenvalue weighted by Crippen LogP contribution is 2.80. The van der Waals surface area contributed by atoms with Gasteiger partial charge in [-0.2, -0.15) is 0 Å². The second-order valence-electron chi connectivity index (χ2n) is 15.2. The van der Waals surface area contributed by atoms with E-state index in [-0.39, 0.29) is 5.60 Å². The Balaban J connectivity index is 1.38. The molecule has 31 heavy (non-hydrogen) atoms. The Morgan fingerprint density at radius 2 is 1.13 bits per heavy atom. The molecular weight excluding hydrogens is 376 g/mol. The Morgan fingerprint density at radius 1 is 0.581 bits per heavy atom. The second kappa shape index (κ2) is 5.95. The molecule has 0 amide bonds. The van der Waals surface area contributed by atoms with Crippen molar-refractivity contribution in [2.24, 2.45) is 56.7 Å². The first-order valence-electron chi connectivity index (χ1n) is 14.0. The molecular formula is C30H50O. The van der Waals surface area contributed by atoms with Crippen LogP contribution in [0.4, 0.5) is 0 Å². The molecule has 0 aromatic rings. The molecule has 0 aromatic heterocycles. The first-order chi connectivity index (χ1) is 14.4. The molecule has 1 nitrogen and oxygen atoms in total. The van der Waals surface area contributed by atoms with Gasteiger partial charge in [0.15, 0.2) is 0 Å². The zero-order valence-corrected chi connectivity index (χ0v) is 21.9. The van der Waals surface area contributed by atoms with E-state index in [1.54, 1.807) is 0 Å².